The summed E-state index contributed by atoms with van der Waals surface area (Å²) in [5, 5.41) is 0. The van der Waals surface area contributed by atoms with Gasteiger partial charge in [0.25, 0.3) is 0 Å². The van der Waals surface area contributed by atoms with Gasteiger partial charge in [0.05, 0.1) is 0 Å². The molecule has 2 aliphatic rings. The number of nitrogens with zero attached hydrogens (tertiary/aromatic N) is 1. The Morgan fingerprint density at radius 3 is 2.74 bits per heavy atom. The highest BCUT2D eigenvalue weighted by atomic mass is 35.5. The van der Waals surface area contributed by atoms with E-state index in [1.165, 1.54) is 12.1 Å². The van der Waals surface area contributed by atoms with E-state index >= 15 is 0 Å². The van der Waals surface area contributed by atoms with E-state index in [1.54, 1.807) is 0 Å². The van der Waals surface area contributed by atoms with Gasteiger partial charge in [0.2, 0.25) is 5.91 Å². The second kappa shape index (κ2) is 7.14. The van der Waals surface area contributed by atoms with Crippen LogP contribution in [0.25, 0.3) is 0 Å². The molecule has 1 aromatic carbocycles. The van der Waals surface area contributed by atoms with E-state index in [4.69, 9.17) is 5.73 Å². The Hall–Kier alpha value is -1.20. The van der Waals surface area contributed by atoms with Gasteiger partial charge in [-0.15, -0.1) is 12.4 Å². The predicted molar refractivity (Wildman–Crippen MR) is 87.5 cm³/mol. The van der Waals surface area contributed by atoms with Crippen molar-refractivity contribution in [3.8, 4) is 0 Å². The summed E-state index contributed by atoms with van der Waals surface area (Å²) >= 11 is 0. The number of amides is 1. The molecule has 1 aromatic rings. The Bertz CT molecular complexity index is 582. The van der Waals surface area contributed by atoms with Crippen molar-refractivity contribution in [2.24, 2.45) is 11.7 Å². The first-order chi connectivity index (χ1) is 10.5. The average Bonchev–Trinajstić information content (AvgIpc) is 3.26. The Morgan fingerprint density at radius 2 is 2.09 bits per heavy atom. The minimum Gasteiger partial charge on any atom is -0.338 e. The Morgan fingerprint density at radius 1 is 1.35 bits per heavy atom. The molecule has 1 aliphatic heterocycles. The minimum absolute atomic E-state index is 0. The molecule has 1 saturated carbocycles. The lowest BCUT2D eigenvalue weighted by Gasteiger charge is -2.38. The lowest BCUT2D eigenvalue weighted by atomic mass is 9.96. The summed E-state index contributed by atoms with van der Waals surface area (Å²) in [4.78, 5) is 14.6. The van der Waals surface area contributed by atoms with Gasteiger partial charge in [-0.2, -0.15) is 0 Å². The normalized spacial score (nSPS) is 28.0. The fraction of sp³-hybridized carbons (Fsp3) is 0.588. The van der Waals surface area contributed by atoms with Crippen molar-refractivity contribution in [3.05, 3.63) is 35.4 Å². The molecule has 0 bridgehead atoms. The maximum Gasteiger partial charge on any atom is 0.226 e. The topological polar surface area (TPSA) is 46.3 Å². The van der Waals surface area contributed by atoms with Crippen LogP contribution < -0.4 is 5.73 Å². The lowest BCUT2D eigenvalue weighted by molar-refractivity contribution is -0.136. The van der Waals surface area contributed by atoms with E-state index in [0.717, 1.165) is 31.9 Å². The molecule has 3 rings (SSSR count). The number of likely N-dealkylation sites (tertiary alicyclic amines) is 1. The summed E-state index contributed by atoms with van der Waals surface area (Å²) in [6.07, 6.45) is 3.67. The van der Waals surface area contributed by atoms with Crippen molar-refractivity contribution in [3.63, 3.8) is 0 Å². The third-order valence-electron chi connectivity index (χ3n) is 4.91. The smallest absolute Gasteiger partial charge is 0.226 e. The van der Waals surface area contributed by atoms with Gasteiger partial charge >= 0.3 is 0 Å². The molecule has 4 atom stereocenters. The van der Waals surface area contributed by atoms with Crippen molar-refractivity contribution in [2.45, 2.75) is 50.6 Å². The molecule has 128 valence electrons. The molecule has 1 saturated heterocycles. The number of carbonyl (C=O) groups is 1. The highest BCUT2D eigenvalue weighted by Crippen LogP contribution is 2.49. The zero-order valence-corrected chi connectivity index (χ0v) is 14.0. The van der Waals surface area contributed by atoms with Crippen LogP contribution in [0, 0.1) is 17.6 Å². The van der Waals surface area contributed by atoms with Gasteiger partial charge in [-0.1, -0.05) is 6.07 Å². The lowest BCUT2D eigenvalue weighted by Crippen LogP contribution is -2.52. The van der Waals surface area contributed by atoms with Crippen LogP contribution in [0.2, 0.25) is 0 Å². The largest absolute Gasteiger partial charge is 0.338 e. The first-order valence-corrected chi connectivity index (χ1v) is 8.00. The van der Waals surface area contributed by atoms with Gasteiger partial charge in [-0.05, 0) is 50.2 Å². The maximum absolute atomic E-state index is 13.8. The third-order valence-corrected chi connectivity index (χ3v) is 4.91. The summed E-state index contributed by atoms with van der Waals surface area (Å²) < 4.78 is 26.8. The molecule has 0 aromatic heterocycles. The summed E-state index contributed by atoms with van der Waals surface area (Å²) in [5.74, 6) is -1.36. The van der Waals surface area contributed by atoms with Gasteiger partial charge in [-0.25, -0.2) is 8.78 Å². The number of rotatable bonds is 3. The molecule has 23 heavy (non-hydrogen) atoms. The van der Waals surface area contributed by atoms with Gasteiger partial charge < -0.3 is 10.6 Å². The van der Waals surface area contributed by atoms with Crippen LogP contribution in [-0.4, -0.2) is 29.4 Å². The zero-order chi connectivity index (χ0) is 15.9. The van der Waals surface area contributed by atoms with Crippen LogP contribution in [0.15, 0.2) is 18.2 Å². The number of piperidine rings is 1. The SMILES string of the molecule is CC(N)C1CCCCN1C(=O)C1CC1c1ccc(F)cc1F.Cl. The quantitative estimate of drug-likeness (QED) is 0.915. The maximum atomic E-state index is 13.8. The van der Waals surface area contributed by atoms with Gasteiger partial charge in [-0.3, -0.25) is 4.79 Å². The van der Waals surface area contributed by atoms with Gasteiger partial charge in [0.15, 0.2) is 0 Å². The monoisotopic (exact) mass is 344 g/mol. The summed E-state index contributed by atoms with van der Waals surface area (Å²) in [6.45, 7) is 2.67. The molecular weight excluding hydrogens is 322 g/mol. The van der Waals surface area contributed by atoms with Crippen molar-refractivity contribution in [2.75, 3.05) is 6.54 Å². The first-order valence-electron chi connectivity index (χ1n) is 8.00. The summed E-state index contributed by atoms with van der Waals surface area (Å²) in [5.41, 5.74) is 6.46. The molecule has 3 nitrogen and oxygen atoms in total. The number of nitrogens with two attached hydrogens (primary N) is 1. The molecule has 4 unspecified atom stereocenters. The van der Waals surface area contributed by atoms with E-state index in [1.807, 2.05) is 11.8 Å². The fourth-order valence-electron chi connectivity index (χ4n) is 3.60. The molecule has 2 N–H and O–H groups in total. The van der Waals surface area contributed by atoms with Gasteiger partial charge in [0, 0.05) is 30.6 Å². The van der Waals surface area contributed by atoms with E-state index in [9.17, 15) is 13.6 Å². The fourth-order valence-corrected chi connectivity index (χ4v) is 3.60. The van der Waals surface area contributed by atoms with E-state index < -0.39 is 11.6 Å². The Balaban J connectivity index is 0.00000192. The molecule has 1 aliphatic carbocycles. The number of halogens is 3. The number of carbonyl (C=O) groups excluding carboxylic acids is 1. The van der Waals surface area contributed by atoms with Crippen LogP contribution in [0.4, 0.5) is 8.78 Å². The average molecular weight is 345 g/mol. The van der Waals surface area contributed by atoms with Crippen LogP contribution in [0.1, 0.15) is 44.1 Å². The molecule has 0 spiro atoms. The van der Waals surface area contributed by atoms with Crippen LogP contribution in [0.3, 0.4) is 0 Å². The highest BCUT2D eigenvalue weighted by molar-refractivity contribution is 5.85. The molecule has 1 heterocycles. The standard InChI is InChI=1S/C17H22F2N2O.ClH/c1-10(20)16-4-2-3-7-21(16)17(22)14-9-13(14)12-6-5-11(18)8-15(12)19;/h5-6,8,10,13-14,16H,2-4,7,9,20H2,1H3;1H. The van der Waals surface area contributed by atoms with Crippen molar-refractivity contribution in [1.82, 2.24) is 4.90 Å². The third kappa shape index (κ3) is 3.66. The van der Waals surface area contributed by atoms with Crippen LogP contribution in [0.5, 0.6) is 0 Å². The highest BCUT2D eigenvalue weighted by Gasteiger charge is 2.48. The van der Waals surface area contributed by atoms with Crippen molar-refractivity contribution in [1.29, 1.82) is 0 Å². The summed E-state index contributed by atoms with van der Waals surface area (Å²) in [6, 6.07) is 3.64. The molecule has 6 heteroatoms. The van der Waals surface area contributed by atoms with Crippen molar-refractivity contribution >= 4 is 18.3 Å². The van der Waals surface area contributed by atoms with E-state index in [0.29, 0.717) is 12.0 Å². The molecular formula is C17H23ClF2N2O. The minimum atomic E-state index is -0.585. The van der Waals surface area contributed by atoms with Crippen LogP contribution >= 0.6 is 12.4 Å². The van der Waals surface area contributed by atoms with Gasteiger partial charge in [0.1, 0.15) is 11.6 Å². The second-order valence-corrected chi connectivity index (χ2v) is 6.57. The summed E-state index contributed by atoms with van der Waals surface area (Å²) in [7, 11) is 0. The number of hydrogen-bond acceptors (Lipinski definition) is 2. The van der Waals surface area contributed by atoms with Crippen LogP contribution in [-0.2, 0) is 4.79 Å². The molecule has 2 fully saturated rings. The van der Waals surface area contributed by atoms with E-state index in [2.05, 4.69) is 0 Å². The zero-order valence-electron chi connectivity index (χ0n) is 13.2. The molecule has 1 amide bonds. The van der Waals surface area contributed by atoms with Crippen molar-refractivity contribution < 1.29 is 13.6 Å². The number of hydrogen-bond donors (Lipinski definition) is 1. The Kier molecular flexibility index (Phi) is 5.63. The predicted octanol–water partition coefficient (Wildman–Crippen LogP) is 3.22. The molecule has 0 radical (unpaired) electrons. The van der Waals surface area contributed by atoms with E-state index in [-0.39, 0.29) is 42.2 Å². The first kappa shape index (κ1) is 18.1. The second-order valence-electron chi connectivity index (χ2n) is 6.57. The Labute approximate surface area is 141 Å². The number of benzene rings is 1.